The molecule has 3 aromatic carbocycles. The Morgan fingerprint density at radius 3 is 2.30 bits per heavy atom. The number of thioether (sulfide) groups is 1. The van der Waals surface area contributed by atoms with Gasteiger partial charge < -0.3 is 5.32 Å². The van der Waals surface area contributed by atoms with Gasteiger partial charge in [-0.3, -0.25) is 9.10 Å². The van der Waals surface area contributed by atoms with Crippen LogP contribution in [0, 0.1) is 12.7 Å². The predicted molar refractivity (Wildman–Crippen MR) is 134 cm³/mol. The van der Waals surface area contributed by atoms with E-state index >= 15 is 0 Å². The van der Waals surface area contributed by atoms with Crippen LogP contribution in [0.2, 0.25) is 0 Å². The van der Waals surface area contributed by atoms with Gasteiger partial charge in [-0.15, -0.1) is 0 Å². The van der Waals surface area contributed by atoms with Crippen LogP contribution < -0.4 is 9.62 Å². The minimum Gasteiger partial charge on any atom is -0.351 e. The molecule has 33 heavy (non-hydrogen) atoms. The van der Waals surface area contributed by atoms with E-state index in [2.05, 4.69) is 5.32 Å². The summed E-state index contributed by atoms with van der Waals surface area (Å²) in [5.74, 6) is 0.730. The summed E-state index contributed by atoms with van der Waals surface area (Å²) in [6, 6.07) is 20.8. The normalized spacial score (nSPS) is 11.2. The minimum atomic E-state index is -3.50. The maximum absolute atomic E-state index is 13.6. The zero-order valence-corrected chi connectivity index (χ0v) is 20.3. The maximum Gasteiger partial charge on any atom is 0.251 e. The first-order chi connectivity index (χ1) is 15.7. The molecule has 0 saturated carbocycles. The van der Waals surface area contributed by atoms with E-state index in [4.69, 9.17) is 0 Å². The molecule has 174 valence electrons. The molecule has 0 unspecified atom stereocenters. The minimum absolute atomic E-state index is 0.212. The van der Waals surface area contributed by atoms with E-state index < -0.39 is 10.0 Å². The van der Waals surface area contributed by atoms with Crippen LogP contribution in [-0.4, -0.2) is 32.9 Å². The largest absolute Gasteiger partial charge is 0.351 e. The number of rotatable bonds is 10. The van der Waals surface area contributed by atoms with E-state index in [1.807, 2.05) is 31.2 Å². The van der Waals surface area contributed by atoms with Crippen molar-refractivity contribution in [2.45, 2.75) is 19.2 Å². The Hall–Kier alpha value is -2.84. The van der Waals surface area contributed by atoms with E-state index in [0.717, 1.165) is 11.1 Å². The number of aryl methyl sites for hydroxylation is 1. The Labute approximate surface area is 199 Å². The smallest absolute Gasteiger partial charge is 0.251 e. The van der Waals surface area contributed by atoms with Crippen LogP contribution >= 0.6 is 11.8 Å². The summed E-state index contributed by atoms with van der Waals surface area (Å²) in [6.45, 7) is 2.64. The quantitative estimate of drug-likeness (QED) is 0.420. The van der Waals surface area contributed by atoms with Crippen LogP contribution in [-0.2, 0) is 22.3 Å². The van der Waals surface area contributed by atoms with E-state index in [-0.39, 0.29) is 18.3 Å². The van der Waals surface area contributed by atoms with Gasteiger partial charge >= 0.3 is 0 Å². The number of carbonyl (C=O) groups excluding carboxylic acids is 1. The molecule has 0 saturated heterocycles. The number of nitrogens with zero attached hydrogens (tertiary/aromatic N) is 1. The average Bonchev–Trinajstić information content (AvgIpc) is 2.79. The standard InChI is InChI=1S/C25H27FN2O3S2/c1-19-7-9-20(10-8-19)17-28(33(2,30)31)23-13-11-21(12-14-23)25(29)27-15-16-32-18-22-5-3-4-6-24(22)26/h3-14H,15-18H2,1-2H3,(H,27,29). The van der Waals surface area contributed by atoms with Gasteiger partial charge in [0.2, 0.25) is 10.0 Å². The SMILES string of the molecule is Cc1ccc(CN(c2ccc(C(=O)NCCSCc3ccccc3F)cc2)S(C)(=O)=O)cc1. The van der Waals surface area contributed by atoms with Gasteiger partial charge in [-0.25, -0.2) is 12.8 Å². The summed E-state index contributed by atoms with van der Waals surface area (Å²) in [4.78, 5) is 12.4. The Bertz CT molecular complexity index is 1180. The highest BCUT2D eigenvalue weighted by Gasteiger charge is 2.18. The first-order valence-electron chi connectivity index (χ1n) is 10.5. The molecular weight excluding hydrogens is 459 g/mol. The molecule has 3 rings (SSSR count). The lowest BCUT2D eigenvalue weighted by atomic mass is 10.1. The van der Waals surface area contributed by atoms with Crippen LogP contribution in [0.5, 0.6) is 0 Å². The van der Waals surface area contributed by atoms with Crippen molar-refractivity contribution in [2.75, 3.05) is 22.9 Å². The first-order valence-corrected chi connectivity index (χ1v) is 13.5. The number of benzene rings is 3. The zero-order valence-electron chi connectivity index (χ0n) is 18.6. The Morgan fingerprint density at radius 2 is 1.67 bits per heavy atom. The fourth-order valence-corrected chi connectivity index (χ4v) is 4.91. The summed E-state index contributed by atoms with van der Waals surface area (Å²) < 4.78 is 39.7. The van der Waals surface area contributed by atoms with E-state index in [0.29, 0.717) is 34.9 Å². The second-order valence-electron chi connectivity index (χ2n) is 7.70. The van der Waals surface area contributed by atoms with Gasteiger partial charge in [0, 0.05) is 23.6 Å². The van der Waals surface area contributed by atoms with Crippen molar-refractivity contribution in [3.8, 4) is 0 Å². The highest BCUT2D eigenvalue weighted by molar-refractivity contribution is 7.98. The van der Waals surface area contributed by atoms with Gasteiger partial charge in [0.1, 0.15) is 5.82 Å². The lowest BCUT2D eigenvalue weighted by molar-refractivity contribution is 0.0956. The molecule has 8 heteroatoms. The van der Waals surface area contributed by atoms with Crippen molar-refractivity contribution < 1.29 is 17.6 Å². The van der Waals surface area contributed by atoms with Gasteiger partial charge in [-0.1, -0.05) is 48.0 Å². The second-order valence-corrected chi connectivity index (χ2v) is 10.7. The molecule has 0 fully saturated rings. The third kappa shape index (κ3) is 7.33. The van der Waals surface area contributed by atoms with Crippen molar-refractivity contribution in [1.29, 1.82) is 0 Å². The fourth-order valence-electron chi connectivity index (χ4n) is 3.17. The van der Waals surface area contributed by atoms with Gasteiger partial charge in [-0.05, 0) is 48.4 Å². The summed E-state index contributed by atoms with van der Waals surface area (Å²) in [6.07, 6.45) is 1.17. The highest BCUT2D eigenvalue weighted by Crippen LogP contribution is 2.22. The number of sulfonamides is 1. The van der Waals surface area contributed by atoms with Crippen molar-refractivity contribution in [1.82, 2.24) is 5.32 Å². The van der Waals surface area contributed by atoms with Gasteiger partial charge in [0.15, 0.2) is 0 Å². The van der Waals surface area contributed by atoms with Crippen LogP contribution in [0.4, 0.5) is 10.1 Å². The van der Waals surface area contributed by atoms with Crippen molar-refractivity contribution in [3.05, 3.63) is 101 Å². The molecule has 0 radical (unpaired) electrons. The van der Waals surface area contributed by atoms with Crippen LogP contribution in [0.3, 0.4) is 0 Å². The number of nitrogens with one attached hydrogen (secondary N) is 1. The molecule has 0 heterocycles. The number of carbonyl (C=O) groups is 1. The first kappa shape index (κ1) is 24.8. The maximum atomic E-state index is 13.6. The molecule has 5 nitrogen and oxygen atoms in total. The summed E-state index contributed by atoms with van der Waals surface area (Å²) in [5, 5.41) is 2.84. The van der Waals surface area contributed by atoms with Crippen LogP contribution in [0.25, 0.3) is 0 Å². The molecule has 0 aliphatic rings. The van der Waals surface area contributed by atoms with Crippen LogP contribution in [0.1, 0.15) is 27.0 Å². The Balaban J connectivity index is 1.55. The summed E-state index contributed by atoms with van der Waals surface area (Å²) in [5.41, 5.74) is 3.56. The topological polar surface area (TPSA) is 66.5 Å². The third-order valence-electron chi connectivity index (χ3n) is 5.01. The summed E-state index contributed by atoms with van der Waals surface area (Å²) in [7, 11) is -3.50. The predicted octanol–water partition coefficient (Wildman–Crippen LogP) is 4.76. The monoisotopic (exact) mass is 486 g/mol. The highest BCUT2D eigenvalue weighted by atomic mass is 32.2. The molecule has 0 aliphatic carbocycles. The number of hydrogen-bond acceptors (Lipinski definition) is 4. The van der Waals surface area contributed by atoms with Gasteiger partial charge in [0.25, 0.3) is 5.91 Å². The molecule has 0 bridgehead atoms. The van der Waals surface area contributed by atoms with Crippen molar-refractivity contribution in [2.24, 2.45) is 0 Å². The molecule has 0 spiro atoms. The average molecular weight is 487 g/mol. The second kappa shape index (κ2) is 11.3. The molecule has 0 aliphatic heterocycles. The molecular formula is C25H27FN2O3S2. The molecule has 1 N–H and O–H groups in total. The third-order valence-corrected chi connectivity index (χ3v) is 7.16. The molecule has 0 aromatic heterocycles. The van der Waals surface area contributed by atoms with Gasteiger partial charge in [-0.2, -0.15) is 11.8 Å². The Kier molecular flexibility index (Phi) is 8.52. The molecule has 3 aromatic rings. The fraction of sp³-hybridized carbons (Fsp3) is 0.240. The summed E-state index contributed by atoms with van der Waals surface area (Å²) >= 11 is 1.54. The number of halogens is 1. The lowest BCUT2D eigenvalue weighted by Gasteiger charge is -2.23. The zero-order chi connectivity index (χ0) is 23.8. The van der Waals surface area contributed by atoms with Crippen molar-refractivity contribution >= 4 is 33.4 Å². The number of anilines is 1. The van der Waals surface area contributed by atoms with Gasteiger partial charge in [0.05, 0.1) is 18.5 Å². The van der Waals surface area contributed by atoms with Crippen molar-refractivity contribution in [3.63, 3.8) is 0 Å². The van der Waals surface area contributed by atoms with Crippen LogP contribution in [0.15, 0.2) is 72.8 Å². The molecule has 0 atom stereocenters. The molecule has 1 amide bonds. The van der Waals surface area contributed by atoms with E-state index in [1.54, 1.807) is 54.2 Å². The number of amides is 1. The number of hydrogen-bond donors (Lipinski definition) is 1. The lowest BCUT2D eigenvalue weighted by Crippen LogP contribution is -2.29. The van der Waals surface area contributed by atoms with E-state index in [1.165, 1.54) is 16.6 Å². The Morgan fingerprint density at radius 1 is 1.00 bits per heavy atom. The van der Waals surface area contributed by atoms with E-state index in [9.17, 15) is 17.6 Å².